The Morgan fingerprint density at radius 3 is 3.00 bits per heavy atom. The molecular formula is C19H25NO3. The summed E-state index contributed by atoms with van der Waals surface area (Å²) in [6.45, 7) is 7.56. The summed E-state index contributed by atoms with van der Waals surface area (Å²) >= 11 is 0. The lowest BCUT2D eigenvalue weighted by molar-refractivity contribution is -0.131. The molecule has 2 heterocycles. The number of hydrogen-bond acceptors (Lipinski definition) is 3. The molecule has 1 atom stereocenters. The van der Waals surface area contributed by atoms with E-state index < -0.39 is 0 Å². The van der Waals surface area contributed by atoms with Crippen molar-refractivity contribution in [3.8, 4) is 0 Å². The Balaban J connectivity index is 1.77. The molecule has 0 bridgehead atoms. The Kier molecular flexibility index (Phi) is 4.19. The predicted octanol–water partition coefficient (Wildman–Crippen LogP) is 3.29. The Labute approximate surface area is 137 Å². The fourth-order valence-electron chi connectivity index (χ4n) is 3.52. The van der Waals surface area contributed by atoms with Gasteiger partial charge in [-0.05, 0) is 36.8 Å². The molecule has 23 heavy (non-hydrogen) atoms. The Morgan fingerprint density at radius 2 is 2.22 bits per heavy atom. The summed E-state index contributed by atoms with van der Waals surface area (Å²) in [5.74, 6) is 0.107. The number of furan rings is 1. The molecule has 0 radical (unpaired) electrons. The standard InChI is InChI=1S/C19H25NO3/c1-13-4-5-16-14(11-23-17(16)8-13)9-18(22)20-7-6-15(21)10-19(2,3)12-20/h4-5,8,11,15,21H,6-7,9-10,12H2,1-3H3. The molecule has 4 nitrogen and oxygen atoms in total. The van der Waals surface area contributed by atoms with Crippen LogP contribution in [0.15, 0.2) is 28.9 Å². The lowest BCUT2D eigenvalue weighted by Crippen LogP contribution is -2.38. The first-order valence-electron chi connectivity index (χ1n) is 8.27. The molecule has 124 valence electrons. The molecule has 1 aliphatic rings. The first kappa shape index (κ1) is 16.1. The number of nitrogens with zero attached hydrogens (tertiary/aromatic N) is 1. The molecule has 0 spiro atoms. The van der Waals surface area contributed by atoms with Crippen molar-refractivity contribution >= 4 is 16.9 Å². The van der Waals surface area contributed by atoms with E-state index in [-0.39, 0.29) is 17.4 Å². The molecule has 1 N–H and O–H groups in total. The fourth-order valence-corrected chi connectivity index (χ4v) is 3.52. The highest BCUT2D eigenvalue weighted by molar-refractivity contribution is 5.88. The summed E-state index contributed by atoms with van der Waals surface area (Å²) in [6, 6.07) is 6.05. The van der Waals surface area contributed by atoms with E-state index in [2.05, 4.69) is 13.8 Å². The van der Waals surface area contributed by atoms with E-state index in [1.165, 1.54) is 0 Å². The van der Waals surface area contributed by atoms with Gasteiger partial charge in [-0.2, -0.15) is 0 Å². The van der Waals surface area contributed by atoms with E-state index in [1.54, 1.807) is 6.26 Å². The van der Waals surface area contributed by atoms with Gasteiger partial charge in [0, 0.05) is 24.0 Å². The number of benzene rings is 1. The summed E-state index contributed by atoms with van der Waals surface area (Å²) in [7, 11) is 0. The smallest absolute Gasteiger partial charge is 0.227 e. The Bertz CT molecular complexity index is 716. The molecule has 3 rings (SSSR count). The van der Waals surface area contributed by atoms with Gasteiger partial charge in [0.05, 0.1) is 18.8 Å². The van der Waals surface area contributed by atoms with E-state index in [0.29, 0.717) is 25.9 Å². The average molecular weight is 315 g/mol. The van der Waals surface area contributed by atoms with E-state index in [9.17, 15) is 9.90 Å². The normalized spacial score (nSPS) is 21.4. The van der Waals surface area contributed by atoms with Crippen LogP contribution in [0.2, 0.25) is 0 Å². The van der Waals surface area contributed by atoms with Gasteiger partial charge in [-0.3, -0.25) is 4.79 Å². The monoisotopic (exact) mass is 315 g/mol. The van der Waals surface area contributed by atoms with Crippen molar-refractivity contribution in [2.45, 2.75) is 46.1 Å². The number of amides is 1. The first-order valence-corrected chi connectivity index (χ1v) is 8.27. The average Bonchev–Trinajstić information content (AvgIpc) is 2.77. The van der Waals surface area contributed by atoms with Crippen LogP contribution in [-0.4, -0.2) is 35.1 Å². The topological polar surface area (TPSA) is 53.7 Å². The van der Waals surface area contributed by atoms with Crippen molar-refractivity contribution in [1.29, 1.82) is 0 Å². The molecule has 1 fully saturated rings. The Hall–Kier alpha value is -1.81. The molecule has 4 heteroatoms. The van der Waals surface area contributed by atoms with Gasteiger partial charge < -0.3 is 14.4 Å². The maximum Gasteiger partial charge on any atom is 0.227 e. The van der Waals surface area contributed by atoms with Gasteiger partial charge in [0.2, 0.25) is 5.91 Å². The molecule has 1 amide bonds. The van der Waals surface area contributed by atoms with Crippen LogP contribution in [0.25, 0.3) is 11.0 Å². The van der Waals surface area contributed by atoms with Crippen LogP contribution in [-0.2, 0) is 11.2 Å². The van der Waals surface area contributed by atoms with Gasteiger partial charge in [-0.1, -0.05) is 26.0 Å². The van der Waals surface area contributed by atoms with Crippen molar-refractivity contribution in [2.24, 2.45) is 5.41 Å². The van der Waals surface area contributed by atoms with E-state index in [0.717, 1.165) is 28.5 Å². The predicted molar refractivity (Wildman–Crippen MR) is 90.3 cm³/mol. The lowest BCUT2D eigenvalue weighted by atomic mass is 9.87. The van der Waals surface area contributed by atoms with Gasteiger partial charge in [0.25, 0.3) is 0 Å². The second-order valence-electron chi connectivity index (χ2n) is 7.56. The van der Waals surface area contributed by atoms with Crippen molar-refractivity contribution in [2.75, 3.05) is 13.1 Å². The van der Waals surface area contributed by atoms with Crippen LogP contribution in [0, 0.1) is 12.3 Å². The number of likely N-dealkylation sites (tertiary alicyclic amines) is 1. The summed E-state index contributed by atoms with van der Waals surface area (Å²) in [5, 5.41) is 11.0. The number of rotatable bonds is 2. The quantitative estimate of drug-likeness (QED) is 0.925. The second kappa shape index (κ2) is 6.00. The molecule has 1 unspecified atom stereocenters. The highest BCUT2D eigenvalue weighted by atomic mass is 16.3. The van der Waals surface area contributed by atoms with Crippen molar-refractivity contribution in [3.05, 3.63) is 35.6 Å². The minimum Gasteiger partial charge on any atom is -0.464 e. The fraction of sp³-hybridized carbons (Fsp3) is 0.526. The van der Waals surface area contributed by atoms with Gasteiger partial charge in [-0.25, -0.2) is 0 Å². The molecule has 1 aliphatic heterocycles. The maximum atomic E-state index is 12.7. The zero-order chi connectivity index (χ0) is 16.6. The van der Waals surface area contributed by atoms with E-state index in [1.807, 2.05) is 30.0 Å². The summed E-state index contributed by atoms with van der Waals surface area (Å²) in [6.07, 6.45) is 3.12. The lowest BCUT2D eigenvalue weighted by Gasteiger charge is -2.29. The van der Waals surface area contributed by atoms with Gasteiger partial charge in [0.1, 0.15) is 5.58 Å². The third-order valence-electron chi connectivity index (χ3n) is 4.64. The number of aliphatic hydroxyl groups is 1. The van der Waals surface area contributed by atoms with Gasteiger partial charge >= 0.3 is 0 Å². The third kappa shape index (κ3) is 3.58. The molecule has 1 aromatic carbocycles. The number of fused-ring (bicyclic) bond motifs is 1. The van der Waals surface area contributed by atoms with Crippen LogP contribution in [0.4, 0.5) is 0 Å². The zero-order valence-corrected chi connectivity index (χ0v) is 14.1. The van der Waals surface area contributed by atoms with Crippen LogP contribution < -0.4 is 0 Å². The van der Waals surface area contributed by atoms with Crippen molar-refractivity contribution in [3.63, 3.8) is 0 Å². The molecule has 1 saturated heterocycles. The summed E-state index contributed by atoms with van der Waals surface area (Å²) in [5.41, 5.74) is 2.86. The summed E-state index contributed by atoms with van der Waals surface area (Å²) in [4.78, 5) is 14.6. The second-order valence-corrected chi connectivity index (χ2v) is 7.56. The minimum absolute atomic E-state index is 0.0544. The van der Waals surface area contributed by atoms with Crippen molar-refractivity contribution < 1.29 is 14.3 Å². The minimum atomic E-state index is -0.319. The third-order valence-corrected chi connectivity index (χ3v) is 4.64. The molecule has 0 saturated carbocycles. The van der Waals surface area contributed by atoms with Gasteiger partial charge in [-0.15, -0.1) is 0 Å². The van der Waals surface area contributed by atoms with Crippen LogP contribution in [0.5, 0.6) is 0 Å². The highest BCUT2D eigenvalue weighted by Gasteiger charge is 2.31. The van der Waals surface area contributed by atoms with Crippen molar-refractivity contribution in [1.82, 2.24) is 4.90 Å². The number of carbonyl (C=O) groups is 1. The number of aliphatic hydroxyl groups excluding tert-OH is 1. The van der Waals surface area contributed by atoms with E-state index in [4.69, 9.17) is 4.42 Å². The summed E-state index contributed by atoms with van der Waals surface area (Å²) < 4.78 is 5.59. The van der Waals surface area contributed by atoms with Crippen LogP contribution in [0.1, 0.15) is 37.8 Å². The van der Waals surface area contributed by atoms with Gasteiger partial charge in [0.15, 0.2) is 0 Å². The van der Waals surface area contributed by atoms with Crippen LogP contribution >= 0.6 is 0 Å². The molecule has 2 aromatic rings. The number of hydrogen-bond donors (Lipinski definition) is 1. The molecular weight excluding hydrogens is 290 g/mol. The largest absolute Gasteiger partial charge is 0.464 e. The van der Waals surface area contributed by atoms with E-state index >= 15 is 0 Å². The number of aryl methyl sites for hydroxylation is 1. The zero-order valence-electron chi connectivity index (χ0n) is 14.1. The maximum absolute atomic E-state index is 12.7. The molecule has 1 aromatic heterocycles. The first-order chi connectivity index (χ1) is 10.8. The highest BCUT2D eigenvalue weighted by Crippen LogP contribution is 2.29. The molecule has 0 aliphatic carbocycles. The van der Waals surface area contributed by atoms with Crippen LogP contribution in [0.3, 0.4) is 0 Å². The number of carbonyl (C=O) groups excluding carboxylic acids is 1. The Morgan fingerprint density at radius 1 is 1.43 bits per heavy atom. The SMILES string of the molecule is Cc1ccc2c(CC(=O)N3CCC(O)CC(C)(C)C3)coc2c1.